The molecule has 4 N–H and O–H groups in total. The van der Waals surface area contributed by atoms with E-state index in [-0.39, 0.29) is 24.2 Å². The summed E-state index contributed by atoms with van der Waals surface area (Å²) < 4.78 is 25.2. The zero-order chi connectivity index (χ0) is 24.2. The third-order valence-electron chi connectivity index (χ3n) is 5.12. The minimum Gasteiger partial charge on any atom is -0.508 e. The van der Waals surface area contributed by atoms with Crippen LogP contribution in [0.15, 0.2) is 18.2 Å². The van der Waals surface area contributed by atoms with Crippen molar-refractivity contribution in [3.63, 3.8) is 0 Å². The minimum atomic E-state index is -1.37. The molecule has 10 heteroatoms. The number of amides is 2. The summed E-state index contributed by atoms with van der Waals surface area (Å²) in [4.78, 5) is 24.9. The molecular weight excluding hydrogens is 423 g/mol. The highest BCUT2D eigenvalue weighted by molar-refractivity contribution is 5.73. The van der Waals surface area contributed by atoms with E-state index >= 15 is 0 Å². The lowest BCUT2D eigenvalue weighted by molar-refractivity contribution is -0.231. The first-order chi connectivity index (χ1) is 14.8. The lowest BCUT2D eigenvalue weighted by Crippen LogP contribution is -2.65. The van der Waals surface area contributed by atoms with Crippen LogP contribution in [0.1, 0.15) is 40.2 Å². The first-order valence-corrected chi connectivity index (χ1v) is 10.5. The molecule has 5 atom stereocenters. The lowest BCUT2D eigenvalue weighted by atomic mass is 9.94. The summed E-state index contributed by atoms with van der Waals surface area (Å²) >= 11 is 0. The quantitative estimate of drug-likeness (QED) is 0.495. The van der Waals surface area contributed by atoms with Gasteiger partial charge in [0.25, 0.3) is 0 Å². The fourth-order valence-corrected chi connectivity index (χ4v) is 3.74. The van der Waals surface area contributed by atoms with Crippen LogP contribution in [-0.4, -0.2) is 76.0 Å². The molecular formula is C22H33FN2O7. The van der Waals surface area contributed by atoms with Gasteiger partial charge in [0, 0.05) is 13.0 Å². The van der Waals surface area contributed by atoms with Crippen LogP contribution in [0.25, 0.3) is 0 Å². The van der Waals surface area contributed by atoms with Gasteiger partial charge < -0.3 is 30.1 Å². The number of rotatable bonds is 7. The largest absolute Gasteiger partial charge is 0.508 e. The van der Waals surface area contributed by atoms with Crippen molar-refractivity contribution >= 4 is 12.0 Å². The van der Waals surface area contributed by atoms with Crippen molar-refractivity contribution in [2.24, 2.45) is 5.41 Å². The predicted octanol–water partition coefficient (Wildman–Crippen LogP) is 2.10. The van der Waals surface area contributed by atoms with E-state index in [1.807, 2.05) is 20.8 Å². The van der Waals surface area contributed by atoms with Gasteiger partial charge in [0.2, 0.25) is 5.91 Å². The number of phenols is 1. The van der Waals surface area contributed by atoms with E-state index in [0.717, 1.165) is 11.0 Å². The van der Waals surface area contributed by atoms with E-state index in [2.05, 4.69) is 5.32 Å². The molecule has 1 aliphatic heterocycles. The number of hydrogen-bond acceptors (Lipinski definition) is 6. The van der Waals surface area contributed by atoms with Gasteiger partial charge in [-0.15, -0.1) is 0 Å². The Morgan fingerprint density at radius 1 is 1.34 bits per heavy atom. The molecule has 0 aromatic heterocycles. The van der Waals surface area contributed by atoms with Crippen molar-refractivity contribution in [2.75, 3.05) is 13.2 Å². The number of benzene rings is 1. The number of nitrogens with one attached hydrogen (secondary N) is 1. The molecule has 0 unspecified atom stereocenters. The third kappa shape index (κ3) is 7.04. The smallest absolute Gasteiger partial charge is 0.408 e. The summed E-state index contributed by atoms with van der Waals surface area (Å²) in [6, 6.07) is 0.745. The SMILES string of the molecule is CC(=O)N[C@@H](Cc1cc(O)cc(F)c1)[C@H](O)[C@H]1CO[C@@H](OCC(C)(C)C)[C@H](C)N1C(=O)O. The molecule has 0 saturated carbocycles. The van der Waals surface area contributed by atoms with Crippen LogP contribution in [0.5, 0.6) is 5.75 Å². The molecule has 2 amide bonds. The molecule has 32 heavy (non-hydrogen) atoms. The molecule has 0 radical (unpaired) electrons. The van der Waals surface area contributed by atoms with Crippen molar-refractivity contribution in [1.29, 1.82) is 0 Å². The Balaban J connectivity index is 2.24. The number of morpholine rings is 1. The molecule has 1 aromatic carbocycles. The summed E-state index contributed by atoms with van der Waals surface area (Å²) in [5.74, 6) is -1.42. The summed E-state index contributed by atoms with van der Waals surface area (Å²) in [6.07, 6.45) is -3.48. The van der Waals surface area contributed by atoms with E-state index in [9.17, 15) is 29.3 Å². The number of phenolic OH excluding ortho intramolecular Hbond substituents is 1. The van der Waals surface area contributed by atoms with E-state index in [1.165, 1.54) is 19.1 Å². The van der Waals surface area contributed by atoms with Crippen LogP contribution in [0.4, 0.5) is 9.18 Å². The number of aromatic hydroxyl groups is 1. The van der Waals surface area contributed by atoms with E-state index < -0.39 is 48.3 Å². The molecule has 1 aliphatic rings. The van der Waals surface area contributed by atoms with Crippen LogP contribution in [0, 0.1) is 11.2 Å². The maximum atomic E-state index is 13.7. The van der Waals surface area contributed by atoms with Crippen molar-refractivity contribution < 1.29 is 38.8 Å². The number of hydrogen-bond donors (Lipinski definition) is 4. The molecule has 1 fully saturated rings. The van der Waals surface area contributed by atoms with Gasteiger partial charge in [0.15, 0.2) is 6.29 Å². The topological polar surface area (TPSA) is 129 Å². The first-order valence-electron chi connectivity index (χ1n) is 10.5. The zero-order valence-corrected chi connectivity index (χ0v) is 19.0. The van der Waals surface area contributed by atoms with Gasteiger partial charge in [-0.25, -0.2) is 9.18 Å². The Bertz CT molecular complexity index is 794. The standard InChI is InChI=1S/C22H33FN2O7/c1-12-20(32-11-22(3,4)5)31-10-18(25(12)21(29)30)19(28)17(24-13(2)26)8-14-6-15(23)9-16(27)7-14/h6-7,9,12,17-20,27-28H,8,10-11H2,1-5H3,(H,24,26)(H,29,30)/t12-,17-,18+,19-,20-/m0/s1. The number of carbonyl (C=O) groups excluding carboxylic acids is 1. The van der Waals surface area contributed by atoms with Crippen LogP contribution < -0.4 is 5.32 Å². The maximum absolute atomic E-state index is 13.7. The summed E-state index contributed by atoms with van der Waals surface area (Å²) in [6.45, 7) is 9.00. The number of halogens is 1. The number of aliphatic hydroxyl groups excluding tert-OH is 1. The highest BCUT2D eigenvalue weighted by Gasteiger charge is 2.44. The number of ether oxygens (including phenoxy) is 2. The number of nitrogens with zero attached hydrogens (tertiary/aromatic N) is 1. The minimum absolute atomic E-state index is 0.0334. The Hall–Kier alpha value is -2.43. The van der Waals surface area contributed by atoms with Crippen molar-refractivity contribution in [3.8, 4) is 5.75 Å². The van der Waals surface area contributed by atoms with Gasteiger partial charge in [-0.3, -0.25) is 9.69 Å². The van der Waals surface area contributed by atoms with Crippen LogP contribution >= 0.6 is 0 Å². The molecule has 0 aliphatic carbocycles. The van der Waals surface area contributed by atoms with Crippen LogP contribution in [-0.2, 0) is 20.7 Å². The van der Waals surface area contributed by atoms with Gasteiger partial charge in [0.1, 0.15) is 11.6 Å². The second-order valence-corrected chi connectivity index (χ2v) is 9.39. The normalized spacial score (nSPS) is 23.5. The van der Waals surface area contributed by atoms with Gasteiger partial charge in [-0.1, -0.05) is 20.8 Å². The van der Waals surface area contributed by atoms with Gasteiger partial charge in [0.05, 0.1) is 37.4 Å². The predicted molar refractivity (Wildman–Crippen MR) is 114 cm³/mol. The highest BCUT2D eigenvalue weighted by Crippen LogP contribution is 2.26. The molecule has 1 aromatic rings. The summed E-state index contributed by atoms with van der Waals surface area (Å²) in [7, 11) is 0. The number of carbonyl (C=O) groups is 2. The Kier molecular flexibility index (Phi) is 8.44. The molecule has 1 saturated heterocycles. The molecule has 180 valence electrons. The molecule has 1 heterocycles. The van der Waals surface area contributed by atoms with Crippen LogP contribution in [0.3, 0.4) is 0 Å². The van der Waals surface area contributed by atoms with Crippen molar-refractivity contribution in [2.45, 2.75) is 71.6 Å². The number of aliphatic hydroxyl groups is 1. The van der Waals surface area contributed by atoms with E-state index in [1.54, 1.807) is 6.92 Å². The first kappa shape index (κ1) is 25.8. The highest BCUT2D eigenvalue weighted by atomic mass is 19.1. The average Bonchev–Trinajstić information content (AvgIpc) is 2.63. The lowest BCUT2D eigenvalue weighted by Gasteiger charge is -2.46. The van der Waals surface area contributed by atoms with Gasteiger partial charge >= 0.3 is 6.09 Å². The molecule has 0 bridgehead atoms. The van der Waals surface area contributed by atoms with E-state index in [0.29, 0.717) is 12.2 Å². The summed E-state index contributed by atoms with van der Waals surface area (Å²) in [5, 5.41) is 33.2. The fraction of sp³-hybridized carbons (Fsp3) is 0.636. The van der Waals surface area contributed by atoms with Gasteiger partial charge in [-0.05, 0) is 36.5 Å². The number of carboxylic acid groups (broad SMARTS) is 1. The average molecular weight is 457 g/mol. The Morgan fingerprint density at radius 2 is 2.00 bits per heavy atom. The monoisotopic (exact) mass is 456 g/mol. The second-order valence-electron chi connectivity index (χ2n) is 9.39. The summed E-state index contributed by atoms with van der Waals surface area (Å²) in [5.41, 5.74) is 0.180. The zero-order valence-electron chi connectivity index (χ0n) is 19.0. The maximum Gasteiger partial charge on any atom is 0.408 e. The van der Waals surface area contributed by atoms with E-state index in [4.69, 9.17) is 9.47 Å². The Morgan fingerprint density at radius 3 is 2.53 bits per heavy atom. The fourth-order valence-electron chi connectivity index (χ4n) is 3.74. The van der Waals surface area contributed by atoms with Crippen molar-refractivity contribution in [3.05, 3.63) is 29.6 Å². The molecule has 0 spiro atoms. The van der Waals surface area contributed by atoms with Crippen molar-refractivity contribution in [1.82, 2.24) is 10.2 Å². The second kappa shape index (κ2) is 10.5. The van der Waals surface area contributed by atoms with Gasteiger partial charge in [-0.2, -0.15) is 0 Å². The van der Waals surface area contributed by atoms with Crippen LogP contribution in [0.2, 0.25) is 0 Å². The Labute approximate surface area is 187 Å². The third-order valence-corrected chi connectivity index (χ3v) is 5.12. The molecule has 9 nitrogen and oxygen atoms in total. The molecule has 2 rings (SSSR count).